The van der Waals surface area contributed by atoms with Gasteiger partial charge in [-0.15, -0.1) is 0 Å². The van der Waals surface area contributed by atoms with Gasteiger partial charge < -0.3 is 5.32 Å². The predicted octanol–water partition coefficient (Wildman–Crippen LogP) is 2.14. The fourth-order valence-electron chi connectivity index (χ4n) is 3.08. The van der Waals surface area contributed by atoms with Gasteiger partial charge in [0.05, 0.1) is 11.3 Å². The van der Waals surface area contributed by atoms with E-state index in [2.05, 4.69) is 28.2 Å². The number of aromatic nitrogens is 2. The Kier molecular flexibility index (Phi) is 5.79. The first-order valence-electron chi connectivity index (χ1n) is 10.2. The van der Waals surface area contributed by atoms with E-state index in [1.807, 2.05) is 54.6 Å². The lowest BCUT2D eigenvalue weighted by Gasteiger charge is -2.08. The van der Waals surface area contributed by atoms with Crippen molar-refractivity contribution in [3.8, 4) is 16.9 Å². The normalized spacial score (nSPS) is 12.8. The summed E-state index contributed by atoms with van der Waals surface area (Å²) in [5.41, 5.74) is 7.98. The summed E-state index contributed by atoms with van der Waals surface area (Å²) < 4.78 is 1.61. The maximum absolute atomic E-state index is 12.9. The van der Waals surface area contributed by atoms with E-state index < -0.39 is 17.7 Å². The molecule has 0 unspecified atom stereocenters. The molecule has 4 rings (SSSR count). The first-order valence-corrected chi connectivity index (χ1v) is 10.2. The molecule has 3 N–H and O–H groups in total. The van der Waals surface area contributed by atoms with Crippen LogP contribution in [-0.4, -0.2) is 33.5 Å². The lowest BCUT2D eigenvalue weighted by atomic mass is 10.0. The standard InChI is InChI=1S/C23H23N5O3/c1-2-15-8-10-16(11-9-15)20-19(14-28(27-20)18-6-4-3-5-7-18)21(29)25-26-23(31)22(30)24-17-12-13-17/h3-11,14,17H,2,12-13H2,1H3,(H,24,30)(H,25,29)(H,26,31). The zero-order chi connectivity index (χ0) is 21.8. The van der Waals surface area contributed by atoms with Gasteiger partial charge in [0.1, 0.15) is 5.69 Å². The number of nitrogens with zero attached hydrogens (tertiary/aromatic N) is 2. The molecule has 1 aromatic heterocycles. The molecule has 1 fully saturated rings. The van der Waals surface area contributed by atoms with Gasteiger partial charge in [0.15, 0.2) is 0 Å². The molecule has 0 spiro atoms. The Morgan fingerprint density at radius 3 is 2.32 bits per heavy atom. The lowest BCUT2D eigenvalue weighted by molar-refractivity contribution is -0.139. The quantitative estimate of drug-likeness (QED) is 0.437. The Labute approximate surface area is 179 Å². The van der Waals surface area contributed by atoms with Gasteiger partial charge in [-0.3, -0.25) is 25.2 Å². The second kappa shape index (κ2) is 8.83. The number of aryl methyl sites for hydroxylation is 1. The van der Waals surface area contributed by atoms with Crippen LogP contribution in [0.25, 0.3) is 16.9 Å². The fourth-order valence-corrected chi connectivity index (χ4v) is 3.08. The van der Waals surface area contributed by atoms with Crippen LogP contribution < -0.4 is 16.2 Å². The van der Waals surface area contributed by atoms with Gasteiger partial charge in [0, 0.05) is 17.8 Å². The number of rotatable bonds is 5. The highest BCUT2D eigenvalue weighted by Crippen LogP contribution is 2.24. The number of hydrogen-bond acceptors (Lipinski definition) is 4. The second-order valence-electron chi connectivity index (χ2n) is 7.38. The average Bonchev–Trinajstić information content (AvgIpc) is 3.51. The van der Waals surface area contributed by atoms with E-state index in [0.29, 0.717) is 5.69 Å². The molecule has 1 saturated carbocycles. The van der Waals surface area contributed by atoms with Crippen molar-refractivity contribution >= 4 is 17.7 Å². The van der Waals surface area contributed by atoms with Crippen molar-refractivity contribution in [1.29, 1.82) is 0 Å². The summed E-state index contributed by atoms with van der Waals surface area (Å²) in [5, 5.41) is 7.17. The van der Waals surface area contributed by atoms with E-state index in [1.54, 1.807) is 10.9 Å². The van der Waals surface area contributed by atoms with Crippen LogP contribution in [-0.2, 0) is 16.0 Å². The maximum atomic E-state index is 12.9. The number of benzene rings is 2. The molecule has 0 bridgehead atoms. The third-order valence-electron chi connectivity index (χ3n) is 5.02. The van der Waals surface area contributed by atoms with Gasteiger partial charge in [-0.25, -0.2) is 4.68 Å². The third kappa shape index (κ3) is 4.80. The van der Waals surface area contributed by atoms with Gasteiger partial charge in [-0.05, 0) is 37.0 Å². The molecule has 0 aliphatic heterocycles. The van der Waals surface area contributed by atoms with Gasteiger partial charge >= 0.3 is 11.8 Å². The van der Waals surface area contributed by atoms with E-state index in [0.717, 1.165) is 30.5 Å². The highest BCUT2D eigenvalue weighted by atomic mass is 16.2. The van der Waals surface area contributed by atoms with Gasteiger partial charge in [-0.2, -0.15) is 5.10 Å². The van der Waals surface area contributed by atoms with Crippen LogP contribution in [0.15, 0.2) is 60.8 Å². The smallest absolute Gasteiger partial charge is 0.327 e. The first kappa shape index (κ1) is 20.3. The number of nitrogens with one attached hydrogen (secondary N) is 3. The molecule has 3 aromatic rings. The van der Waals surface area contributed by atoms with Crippen LogP contribution in [0.3, 0.4) is 0 Å². The molecule has 8 nitrogen and oxygen atoms in total. The summed E-state index contributed by atoms with van der Waals surface area (Å²) in [6.45, 7) is 2.07. The highest BCUT2D eigenvalue weighted by molar-refractivity contribution is 6.35. The van der Waals surface area contributed by atoms with Crippen LogP contribution in [0.2, 0.25) is 0 Å². The summed E-state index contributed by atoms with van der Waals surface area (Å²) in [4.78, 5) is 36.6. The third-order valence-corrected chi connectivity index (χ3v) is 5.02. The monoisotopic (exact) mass is 417 g/mol. The van der Waals surface area contributed by atoms with Crippen molar-refractivity contribution in [2.24, 2.45) is 0 Å². The number of para-hydroxylation sites is 1. The molecule has 158 valence electrons. The average molecular weight is 417 g/mol. The van der Waals surface area contributed by atoms with Gasteiger partial charge in [0.25, 0.3) is 5.91 Å². The van der Waals surface area contributed by atoms with E-state index in [1.165, 1.54) is 5.56 Å². The number of carbonyl (C=O) groups is 3. The predicted molar refractivity (Wildman–Crippen MR) is 115 cm³/mol. The molecule has 8 heteroatoms. The molecule has 0 atom stereocenters. The number of hydrazine groups is 1. The Bertz CT molecular complexity index is 1100. The van der Waals surface area contributed by atoms with Crippen LogP contribution >= 0.6 is 0 Å². The Balaban J connectivity index is 1.58. The Hall–Kier alpha value is -3.94. The zero-order valence-electron chi connectivity index (χ0n) is 17.1. The van der Waals surface area contributed by atoms with Gasteiger partial charge in [-0.1, -0.05) is 49.4 Å². The molecule has 0 radical (unpaired) electrons. The summed E-state index contributed by atoms with van der Waals surface area (Å²) in [6.07, 6.45) is 4.24. The molecular formula is C23H23N5O3. The fraction of sp³-hybridized carbons (Fsp3) is 0.217. The van der Waals surface area contributed by atoms with Crippen molar-refractivity contribution < 1.29 is 14.4 Å². The van der Waals surface area contributed by atoms with Crippen molar-refractivity contribution in [1.82, 2.24) is 25.9 Å². The van der Waals surface area contributed by atoms with Crippen LogP contribution in [0.1, 0.15) is 35.7 Å². The van der Waals surface area contributed by atoms with Crippen molar-refractivity contribution in [3.05, 3.63) is 71.9 Å². The molecule has 2 aromatic carbocycles. The van der Waals surface area contributed by atoms with Crippen molar-refractivity contribution in [2.45, 2.75) is 32.2 Å². The molecule has 31 heavy (non-hydrogen) atoms. The highest BCUT2D eigenvalue weighted by Gasteiger charge is 2.27. The van der Waals surface area contributed by atoms with E-state index in [9.17, 15) is 14.4 Å². The van der Waals surface area contributed by atoms with Crippen molar-refractivity contribution in [3.63, 3.8) is 0 Å². The zero-order valence-corrected chi connectivity index (χ0v) is 17.1. The summed E-state index contributed by atoms with van der Waals surface area (Å²) >= 11 is 0. The largest absolute Gasteiger partial charge is 0.345 e. The van der Waals surface area contributed by atoms with Crippen LogP contribution in [0.5, 0.6) is 0 Å². The molecule has 3 amide bonds. The van der Waals surface area contributed by atoms with Crippen molar-refractivity contribution in [2.75, 3.05) is 0 Å². The molecule has 1 aliphatic rings. The maximum Gasteiger partial charge on any atom is 0.327 e. The summed E-state index contributed by atoms with van der Waals surface area (Å²) in [7, 11) is 0. The Morgan fingerprint density at radius 2 is 1.68 bits per heavy atom. The minimum absolute atomic E-state index is 0.0516. The molecule has 1 aliphatic carbocycles. The SMILES string of the molecule is CCc1ccc(-c2nn(-c3ccccc3)cc2C(=O)NNC(=O)C(=O)NC2CC2)cc1. The molecule has 0 saturated heterocycles. The van der Waals surface area contributed by atoms with E-state index >= 15 is 0 Å². The number of carbonyl (C=O) groups excluding carboxylic acids is 3. The Morgan fingerprint density at radius 1 is 0.968 bits per heavy atom. The molecule has 1 heterocycles. The summed E-state index contributed by atoms with van der Waals surface area (Å²) in [6, 6.07) is 17.3. The first-order chi connectivity index (χ1) is 15.0. The van der Waals surface area contributed by atoms with Crippen LogP contribution in [0, 0.1) is 0 Å². The number of amides is 3. The van der Waals surface area contributed by atoms with E-state index in [-0.39, 0.29) is 11.6 Å². The summed E-state index contributed by atoms with van der Waals surface area (Å²) in [5.74, 6) is -2.24. The van der Waals surface area contributed by atoms with E-state index in [4.69, 9.17) is 0 Å². The lowest BCUT2D eigenvalue weighted by Crippen LogP contribution is -2.49. The van der Waals surface area contributed by atoms with Gasteiger partial charge in [0.2, 0.25) is 0 Å². The number of hydrogen-bond donors (Lipinski definition) is 3. The van der Waals surface area contributed by atoms with Crippen LogP contribution in [0.4, 0.5) is 0 Å². The molecular weight excluding hydrogens is 394 g/mol. The minimum Gasteiger partial charge on any atom is -0.345 e. The topological polar surface area (TPSA) is 105 Å². The minimum atomic E-state index is -0.912. The second-order valence-corrected chi connectivity index (χ2v) is 7.38.